The molecule has 5 nitrogen and oxygen atoms in total. The number of carbonyl (C=O) groups excluding carboxylic acids is 1. The average Bonchev–Trinajstić information content (AvgIpc) is 3.00. The van der Waals surface area contributed by atoms with Gasteiger partial charge in [0.25, 0.3) is 5.91 Å². The molecule has 2 aromatic rings. The number of carboxylic acid groups (broad SMARTS) is 1. The van der Waals surface area contributed by atoms with Gasteiger partial charge in [0.15, 0.2) is 0 Å². The number of aryl methyl sites for hydroxylation is 1. The molecule has 2 unspecified atom stereocenters. The van der Waals surface area contributed by atoms with Crippen LogP contribution >= 0.6 is 11.3 Å². The molecule has 0 aliphatic rings. The molecule has 2 N–H and O–H groups in total. The first-order chi connectivity index (χ1) is 10.4. The SMILES string of the molecule is Cc1nc(-c2cccs2)ccc1C(=O)NC(C)C(C)C(=O)O. The fraction of sp³-hybridized carbons (Fsp3) is 0.312. The summed E-state index contributed by atoms with van der Waals surface area (Å²) in [6.07, 6.45) is 0. The molecule has 1 amide bonds. The van der Waals surface area contributed by atoms with Gasteiger partial charge < -0.3 is 10.4 Å². The van der Waals surface area contributed by atoms with E-state index in [-0.39, 0.29) is 5.91 Å². The monoisotopic (exact) mass is 318 g/mol. The van der Waals surface area contributed by atoms with Gasteiger partial charge in [-0.05, 0) is 44.4 Å². The van der Waals surface area contributed by atoms with Crippen molar-refractivity contribution >= 4 is 23.2 Å². The third-order valence-electron chi connectivity index (χ3n) is 3.60. The van der Waals surface area contributed by atoms with Crippen molar-refractivity contribution in [3.63, 3.8) is 0 Å². The molecule has 2 atom stereocenters. The molecule has 0 aliphatic carbocycles. The van der Waals surface area contributed by atoms with Gasteiger partial charge in [-0.3, -0.25) is 14.6 Å². The van der Waals surface area contributed by atoms with Crippen molar-refractivity contribution in [1.29, 1.82) is 0 Å². The van der Waals surface area contributed by atoms with Crippen LogP contribution in [0.5, 0.6) is 0 Å². The van der Waals surface area contributed by atoms with Crippen LogP contribution in [0.15, 0.2) is 29.6 Å². The van der Waals surface area contributed by atoms with Crippen LogP contribution in [0.4, 0.5) is 0 Å². The fourth-order valence-corrected chi connectivity index (χ4v) is 2.68. The van der Waals surface area contributed by atoms with E-state index in [0.29, 0.717) is 11.3 Å². The van der Waals surface area contributed by atoms with E-state index in [1.54, 1.807) is 44.2 Å². The molecule has 2 aromatic heterocycles. The van der Waals surface area contributed by atoms with Gasteiger partial charge in [-0.15, -0.1) is 11.3 Å². The van der Waals surface area contributed by atoms with Crippen molar-refractivity contribution < 1.29 is 14.7 Å². The number of pyridine rings is 1. The quantitative estimate of drug-likeness (QED) is 0.888. The van der Waals surface area contributed by atoms with Crippen LogP contribution in [-0.2, 0) is 4.79 Å². The minimum Gasteiger partial charge on any atom is -0.481 e. The molecule has 0 spiro atoms. The second kappa shape index (κ2) is 6.70. The fourth-order valence-electron chi connectivity index (χ4n) is 1.99. The van der Waals surface area contributed by atoms with E-state index in [2.05, 4.69) is 10.3 Å². The first-order valence-electron chi connectivity index (χ1n) is 6.95. The minimum absolute atomic E-state index is 0.302. The van der Waals surface area contributed by atoms with E-state index < -0.39 is 17.9 Å². The van der Waals surface area contributed by atoms with Gasteiger partial charge in [0, 0.05) is 6.04 Å². The van der Waals surface area contributed by atoms with Gasteiger partial charge in [0.2, 0.25) is 0 Å². The van der Waals surface area contributed by atoms with Crippen LogP contribution in [0.3, 0.4) is 0 Å². The van der Waals surface area contributed by atoms with Crippen LogP contribution in [0.2, 0.25) is 0 Å². The zero-order valence-corrected chi connectivity index (χ0v) is 13.5. The van der Waals surface area contributed by atoms with E-state index in [1.165, 1.54) is 0 Å². The number of nitrogens with zero attached hydrogens (tertiary/aromatic N) is 1. The number of aliphatic carboxylic acids is 1. The Morgan fingerprint density at radius 3 is 2.55 bits per heavy atom. The third kappa shape index (κ3) is 3.51. The maximum absolute atomic E-state index is 12.3. The second-order valence-corrected chi connectivity index (χ2v) is 6.14. The van der Waals surface area contributed by atoms with Gasteiger partial charge in [-0.1, -0.05) is 6.07 Å². The van der Waals surface area contributed by atoms with Crippen molar-refractivity contribution in [2.75, 3.05) is 0 Å². The zero-order valence-electron chi connectivity index (χ0n) is 12.7. The normalized spacial score (nSPS) is 13.4. The van der Waals surface area contributed by atoms with E-state index in [4.69, 9.17) is 5.11 Å². The van der Waals surface area contributed by atoms with Gasteiger partial charge in [0.1, 0.15) is 0 Å². The highest BCUT2D eigenvalue weighted by Gasteiger charge is 2.22. The van der Waals surface area contributed by atoms with Crippen LogP contribution in [0.25, 0.3) is 10.6 Å². The zero-order chi connectivity index (χ0) is 16.3. The number of nitrogens with one attached hydrogen (secondary N) is 1. The van der Waals surface area contributed by atoms with Crippen LogP contribution < -0.4 is 5.32 Å². The molecule has 0 saturated carbocycles. The molecule has 0 aliphatic heterocycles. The van der Waals surface area contributed by atoms with Crippen LogP contribution in [0.1, 0.15) is 29.9 Å². The van der Waals surface area contributed by atoms with Gasteiger partial charge in [-0.2, -0.15) is 0 Å². The Balaban J connectivity index is 2.15. The molecule has 0 radical (unpaired) electrons. The summed E-state index contributed by atoms with van der Waals surface area (Å²) >= 11 is 1.59. The maximum Gasteiger partial charge on any atom is 0.308 e. The molecule has 116 valence electrons. The van der Waals surface area contributed by atoms with Crippen LogP contribution in [-0.4, -0.2) is 28.0 Å². The van der Waals surface area contributed by atoms with Crippen molar-refractivity contribution in [3.05, 3.63) is 40.9 Å². The Kier molecular flexibility index (Phi) is 4.92. The number of carbonyl (C=O) groups is 2. The molecule has 2 heterocycles. The largest absolute Gasteiger partial charge is 0.481 e. The summed E-state index contributed by atoms with van der Waals surface area (Å²) in [5.41, 5.74) is 1.92. The number of hydrogen-bond donors (Lipinski definition) is 2. The van der Waals surface area contributed by atoms with Crippen LogP contribution in [0, 0.1) is 12.8 Å². The molecular weight excluding hydrogens is 300 g/mol. The highest BCUT2D eigenvalue weighted by Crippen LogP contribution is 2.23. The van der Waals surface area contributed by atoms with Crippen molar-refractivity contribution in [1.82, 2.24) is 10.3 Å². The number of aromatic nitrogens is 1. The lowest BCUT2D eigenvalue weighted by molar-refractivity contribution is -0.141. The van der Waals surface area contributed by atoms with E-state index in [0.717, 1.165) is 10.6 Å². The van der Waals surface area contributed by atoms with E-state index >= 15 is 0 Å². The Morgan fingerprint density at radius 1 is 1.27 bits per heavy atom. The van der Waals surface area contributed by atoms with Gasteiger partial charge in [-0.25, -0.2) is 0 Å². The summed E-state index contributed by atoms with van der Waals surface area (Å²) in [4.78, 5) is 28.7. The molecule has 0 aromatic carbocycles. The highest BCUT2D eigenvalue weighted by atomic mass is 32.1. The lowest BCUT2D eigenvalue weighted by Gasteiger charge is -2.18. The topological polar surface area (TPSA) is 79.3 Å². The number of rotatable bonds is 5. The number of hydrogen-bond acceptors (Lipinski definition) is 4. The summed E-state index contributed by atoms with van der Waals surface area (Å²) in [6.45, 7) is 5.02. The van der Waals surface area contributed by atoms with E-state index in [1.807, 2.05) is 17.5 Å². The lowest BCUT2D eigenvalue weighted by atomic mass is 10.0. The maximum atomic E-state index is 12.3. The molecular formula is C16H18N2O3S. The molecule has 0 fully saturated rings. The van der Waals surface area contributed by atoms with E-state index in [9.17, 15) is 9.59 Å². The Hall–Kier alpha value is -2.21. The molecule has 0 saturated heterocycles. The van der Waals surface area contributed by atoms with Crippen molar-refractivity contribution in [2.45, 2.75) is 26.8 Å². The summed E-state index contributed by atoms with van der Waals surface area (Å²) in [6, 6.07) is 7.00. The first-order valence-corrected chi connectivity index (χ1v) is 7.83. The van der Waals surface area contributed by atoms with Crippen molar-refractivity contribution in [2.24, 2.45) is 5.92 Å². The molecule has 22 heavy (non-hydrogen) atoms. The summed E-state index contributed by atoms with van der Waals surface area (Å²) in [7, 11) is 0. The standard InChI is InChI=1S/C16H18N2O3S/c1-9(16(20)21)10(2)18-15(19)12-6-7-13(17-11(12)3)14-5-4-8-22-14/h4-10H,1-3H3,(H,18,19)(H,20,21). The number of thiophene rings is 1. The molecule has 6 heteroatoms. The summed E-state index contributed by atoms with van der Waals surface area (Å²) in [5.74, 6) is -1.89. The first kappa shape index (κ1) is 16.2. The molecule has 2 rings (SSSR count). The number of carboxylic acids is 1. The Labute approximate surface area is 133 Å². The predicted octanol–water partition coefficient (Wildman–Crippen LogP) is 2.96. The smallest absolute Gasteiger partial charge is 0.308 e. The Morgan fingerprint density at radius 2 is 2.00 bits per heavy atom. The summed E-state index contributed by atoms with van der Waals surface area (Å²) in [5, 5.41) is 13.7. The van der Waals surface area contributed by atoms with Gasteiger partial charge in [0.05, 0.1) is 27.7 Å². The Bertz CT molecular complexity index is 683. The average molecular weight is 318 g/mol. The third-order valence-corrected chi connectivity index (χ3v) is 4.49. The summed E-state index contributed by atoms with van der Waals surface area (Å²) < 4.78 is 0. The van der Waals surface area contributed by atoms with Crippen molar-refractivity contribution in [3.8, 4) is 10.6 Å². The highest BCUT2D eigenvalue weighted by molar-refractivity contribution is 7.13. The van der Waals surface area contributed by atoms with Gasteiger partial charge >= 0.3 is 5.97 Å². The minimum atomic E-state index is -0.935. The number of amides is 1. The lowest BCUT2D eigenvalue weighted by Crippen LogP contribution is -2.40. The second-order valence-electron chi connectivity index (χ2n) is 5.20. The molecule has 0 bridgehead atoms. The predicted molar refractivity (Wildman–Crippen MR) is 86.0 cm³/mol.